The summed E-state index contributed by atoms with van der Waals surface area (Å²) in [5.74, 6) is -0.468. The topological polar surface area (TPSA) is 94.0 Å². The van der Waals surface area contributed by atoms with Crippen molar-refractivity contribution in [1.82, 2.24) is 10.6 Å². The fourth-order valence-electron chi connectivity index (χ4n) is 1.97. The predicted molar refractivity (Wildman–Crippen MR) is 89.5 cm³/mol. The van der Waals surface area contributed by atoms with Crippen LogP contribution in [0.3, 0.4) is 0 Å². The Balaban J connectivity index is 3.11. The lowest BCUT2D eigenvalue weighted by atomic mass is 10.1. The smallest absolute Gasteiger partial charge is 0.251 e. The Hall–Kier alpha value is -3.07. The zero-order valence-electron chi connectivity index (χ0n) is 13.7. The molecule has 120 valence electrons. The van der Waals surface area contributed by atoms with Crippen molar-refractivity contribution in [3.63, 3.8) is 0 Å². The molecule has 0 unspecified atom stereocenters. The molecule has 23 heavy (non-hydrogen) atoms. The van der Waals surface area contributed by atoms with Gasteiger partial charge >= 0.3 is 0 Å². The van der Waals surface area contributed by atoms with Crippen molar-refractivity contribution < 1.29 is 9.59 Å². The molecule has 3 N–H and O–H groups in total. The molecule has 0 spiro atoms. The Labute approximate surface area is 135 Å². The van der Waals surface area contributed by atoms with Crippen molar-refractivity contribution >= 4 is 17.5 Å². The van der Waals surface area contributed by atoms with Gasteiger partial charge < -0.3 is 16.0 Å². The maximum Gasteiger partial charge on any atom is 0.251 e. The molecule has 0 saturated carbocycles. The van der Waals surface area contributed by atoms with Crippen LogP contribution in [0.25, 0.3) is 0 Å². The first kappa shape index (κ1) is 18.0. The van der Waals surface area contributed by atoms with Crippen molar-refractivity contribution in [3.8, 4) is 6.07 Å². The van der Waals surface area contributed by atoms with Crippen LogP contribution in [0.5, 0.6) is 0 Å². The van der Waals surface area contributed by atoms with Crippen LogP contribution in [-0.4, -0.2) is 18.9 Å². The normalized spacial score (nSPS) is 10.9. The number of nitriles is 1. The third-order valence-electron chi connectivity index (χ3n) is 3.16. The zero-order chi connectivity index (χ0) is 17.6. The van der Waals surface area contributed by atoms with E-state index in [0.29, 0.717) is 22.6 Å². The van der Waals surface area contributed by atoms with E-state index in [4.69, 9.17) is 0 Å². The van der Waals surface area contributed by atoms with E-state index in [-0.39, 0.29) is 17.4 Å². The summed E-state index contributed by atoms with van der Waals surface area (Å²) >= 11 is 0. The Morgan fingerprint density at radius 1 is 1.26 bits per heavy atom. The third-order valence-corrected chi connectivity index (χ3v) is 3.16. The lowest BCUT2D eigenvalue weighted by molar-refractivity contribution is -0.118. The van der Waals surface area contributed by atoms with Gasteiger partial charge in [0.15, 0.2) is 0 Å². The van der Waals surface area contributed by atoms with Crippen molar-refractivity contribution in [2.45, 2.75) is 20.8 Å². The molecule has 0 aliphatic rings. The number of nitrogens with one attached hydrogen (secondary N) is 3. The molecule has 2 amide bonds. The van der Waals surface area contributed by atoms with E-state index in [1.54, 1.807) is 32.2 Å². The number of hydrogen-bond acceptors (Lipinski definition) is 4. The highest BCUT2D eigenvalue weighted by atomic mass is 16.2. The standard InChI is InChI=1S/C17H20N4O2/c1-10-6-7-14(17(23)19-5)8-16(10)21-12(3)15(9-18)11(2)20-13(4)22/h6-8,21H,3H2,1-2,4-5H3,(H,19,23)(H,20,22)/b15-11-. The van der Waals surface area contributed by atoms with Crippen molar-refractivity contribution in [2.75, 3.05) is 12.4 Å². The Morgan fingerprint density at radius 2 is 1.91 bits per heavy atom. The van der Waals surface area contributed by atoms with E-state index in [0.717, 1.165) is 5.56 Å². The summed E-state index contributed by atoms with van der Waals surface area (Å²) in [6.45, 7) is 8.71. The summed E-state index contributed by atoms with van der Waals surface area (Å²) in [7, 11) is 1.56. The van der Waals surface area contributed by atoms with E-state index < -0.39 is 0 Å². The van der Waals surface area contributed by atoms with Crippen LogP contribution in [0.1, 0.15) is 29.8 Å². The van der Waals surface area contributed by atoms with Crippen LogP contribution in [0.15, 0.2) is 41.7 Å². The largest absolute Gasteiger partial charge is 0.355 e. The van der Waals surface area contributed by atoms with Gasteiger partial charge in [0.25, 0.3) is 5.91 Å². The molecule has 0 bridgehead atoms. The van der Waals surface area contributed by atoms with Crippen LogP contribution in [0.4, 0.5) is 5.69 Å². The van der Waals surface area contributed by atoms with Gasteiger partial charge in [0, 0.05) is 30.9 Å². The number of nitrogens with zero attached hydrogens (tertiary/aromatic N) is 1. The zero-order valence-corrected chi connectivity index (χ0v) is 13.7. The number of carbonyl (C=O) groups excluding carboxylic acids is 2. The molecule has 0 aliphatic heterocycles. The molecule has 0 aliphatic carbocycles. The molecule has 6 nitrogen and oxygen atoms in total. The number of hydrogen-bond donors (Lipinski definition) is 3. The summed E-state index contributed by atoms with van der Waals surface area (Å²) in [5, 5.41) is 17.4. The summed E-state index contributed by atoms with van der Waals surface area (Å²) in [6, 6.07) is 7.22. The highest BCUT2D eigenvalue weighted by Gasteiger charge is 2.11. The lowest BCUT2D eigenvalue weighted by Crippen LogP contribution is -2.20. The molecule has 0 saturated heterocycles. The lowest BCUT2D eigenvalue weighted by Gasteiger charge is -2.14. The van der Waals surface area contributed by atoms with Crippen LogP contribution < -0.4 is 16.0 Å². The number of rotatable bonds is 5. The maximum absolute atomic E-state index is 11.7. The van der Waals surface area contributed by atoms with Gasteiger partial charge in [-0.15, -0.1) is 0 Å². The summed E-state index contributed by atoms with van der Waals surface area (Å²) < 4.78 is 0. The van der Waals surface area contributed by atoms with Gasteiger partial charge in [-0.2, -0.15) is 5.26 Å². The molecule has 1 rings (SSSR count). The van der Waals surface area contributed by atoms with Crippen molar-refractivity contribution in [1.29, 1.82) is 5.26 Å². The van der Waals surface area contributed by atoms with E-state index >= 15 is 0 Å². The van der Waals surface area contributed by atoms with Crippen LogP contribution in [0.2, 0.25) is 0 Å². The fourth-order valence-corrected chi connectivity index (χ4v) is 1.97. The van der Waals surface area contributed by atoms with Gasteiger partial charge in [0.05, 0.1) is 11.3 Å². The molecule has 0 radical (unpaired) electrons. The van der Waals surface area contributed by atoms with Crippen LogP contribution in [0, 0.1) is 18.3 Å². The van der Waals surface area contributed by atoms with E-state index in [9.17, 15) is 14.9 Å². The number of amides is 2. The highest BCUT2D eigenvalue weighted by molar-refractivity contribution is 5.95. The van der Waals surface area contributed by atoms with Gasteiger partial charge in [-0.25, -0.2) is 0 Å². The number of carbonyl (C=O) groups is 2. The summed E-state index contributed by atoms with van der Waals surface area (Å²) in [4.78, 5) is 22.8. The Bertz CT molecular complexity index is 727. The Kier molecular flexibility index (Phi) is 6.10. The SMILES string of the molecule is C=C(Nc1cc(C(=O)NC)ccc1C)/C(C#N)=C(/C)NC(C)=O. The van der Waals surface area contributed by atoms with E-state index in [1.807, 2.05) is 13.0 Å². The van der Waals surface area contributed by atoms with Gasteiger partial charge in [-0.3, -0.25) is 9.59 Å². The molecule has 0 aromatic heterocycles. The molecule has 0 atom stereocenters. The average molecular weight is 312 g/mol. The minimum atomic E-state index is -0.263. The average Bonchev–Trinajstić information content (AvgIpc) is 2.48. The van der Waals surface area contributed by atoms with Crippen LogP contribution in [-0.2, 0) is 4.79 Å². The highest BCUT2D eigenvalue weighted by Crippen LogP contribution is 2.21. The predicted octanol–water partition coefficient (Wildman–Crippen LogP) is 2.21. The minimum absolute atomic E-state index is 0.205. The number of allylic oxidation sites excluding steroid dienone is 2. The first-order valence-corrected chi connectivity index (χ1v) is 6.97. The van der Waals surface area contributed by atoms with Gasteiger partial charge in [0.1, 0.15) is 6.07 Å². The van der Waals surface area contributed by atoms with Crippen molar-refractivity contribution in [3.05, 3.63) is 52.9 Å². The van der Waals surface area contributed by atoms with E-state index in [2.05, 4.69) is 22.5 Å². The van der Waals surface area contributed by atoms with Crippen LogP contribution >= 0.6 is 0 Å². The fraction of sp³-hybridized carbons (Fsp3) is 0.235. The van der Waals surface area contributed by atoms with Gasteiger partial charge in [-0.1, -0.05) is 12.6 Å². The molecule has 0 fully saturated rings. The second kappa shape index (κ2) is 7.80. The summed E-state index contributed by atoms with van der Waals surface area (Å²) in [6.07, 6.45) is 0. The third kappa shape index (κ3) is 4.71. The number of aryl methyl sites for hydroxylation is 1. The minimum Gasteiger partial charge on any atom is -0.355 e. The van der Waals surface area contributed by atoms with Gasteiger partial charge in [0.2, 0.25) is 5.91 Å². The van der Waals surface area contributed by atoms with E-state index in [1.165, 1.54) is 6.92 Å². The maximum atomic E-state index is 11.7. The molecular weight excluding hydrogens is 292 g/mol. The molecule has 1 aromatic carbocycles. The second-order valence-corrected chi connectivity index (χ2v) is 5.01. The quantitative estimate of drug-likeness (QED) is 0.574. The first-order valence-electron chi connectivity index (χ1n) is 6.97. The monoisotopic (exact) mass is 312 g/mol. The molecular formula is C17H20N4O2. The summed E-state index contributed by atoms with van der Waals surface area (Å²) in [5.41, 5.74) is 3.06. The number of benzene rings is 1. The molecule has 0 heterocycles. The van der Waals surface area contributed by atoms with Crippen molar-refractivity contribution in [2.24, 2.45) is 0 Å². The second-order valence-electron chi connectivity index (χ2n) is 5.01. The van der Waals surface area contributed by atoms with Gasteiger partial charge in [-0.05, 0) is 31.5 Å². The number of anilines is 1. The first-order chi connectivity index (χ1) is 10.8. The molecule has 1 aromatic rings. The molecule has 6 heteroatoms. The Morgan fingerprint density at radius 3 is 2.43 bits per heavy atom.